The van der Waals surface area contributed by atoms with Crippen LogP contribution in [0.4, 0.5) is 5.69 Å². The van der Waals surface area contributed by atoms with Crippen LogP contribution in [0.2, 0.25) is 0 Å². The van der Waals surface area contributed by atoms with E-state index in [0.717, 1.165) is 4.47 Å². The molecule has 140 valence electrons. The maximum atomic E-state index is 12.4. The number of carbonyl (C=O) groups excluding carboxylic acids is 2. The van der Waals surface area contributed by atoms with Gasteiger partial charge in [-0.25, -0.2) is 9.48 Å². The number of aryl methyl sites for hydroxylation is 1. The van der Waals surface area contributed by atoms with E-state index in [9.17, 15) is 9.59 Å². The molecule has 0 saturated carbocycles. The van der Waals surface area contributed by atoms with Crippen LogP contribution in [0.15, 0.2) is 47.2 Å². The Hall–Kier alpha value is -3.14. The van der Waals surface area contributed by atoms with Crippen molar-refractivity contribution < 1.29 is 19.1 Å². The van der Waals surface area contributed by atoms with Gasteiger partial charge >= 0.3 is 5.97 Å². The SMILES string of the molecule is COC(=O)c1nn(C)cc1NC(=O)c1ccn(COc2ccc(Br)cc2)n1. The van der Waals surface area contributed by atoms with Crippen molar-refractivity contribution in [2.75, 3.05) is 12.4 Å². The van der Waals surface area contributed by atoms with Gasteiger partial charge in [-0.1, -0.05) is 15.9 Å². The number of benzene rings is 1. The molecule has 0 bridgehead atoms. The molecule has 0 fully saturated rings. The van der Waals surface area contributed by atoms with Crippen molar-refractivity contribution in [1.82, 2.24) is 19.6 Å². The Morgan fingerprint density at radius 1 is 1.19 bits per heavy atom. The average Bonchev–Trinajstić information content (AvgIpc) is 3.27. The zero-order valence-electron chi connectivity index (χ0n) is 14.5. The highest BCUT2D eigenvalue weighted by molar-refractivity contribution is 9.10. The first-order valence-electron chi connectivity index (χ1n) is 7.81. The van der Waals surface area contributed by atoms with Crippen LogP contribution in [0.5, 0.6) is 5.75 Å². The molecule has 0 spiro atoms. The predicted octanol–water partition coefficient (Wildman–Crippen LogP) is 2.45. The Morgan fingerprint density at radius 3 is 2.63 bits per heavy atom. The molecule has 0 unspecified atom stereocenters. The summed E-state index contributed by atoms with van der Waals surface area (Å²) in [5, 5.41) is 10.8. The van der Waals surface area contributed by atoms with E-state index >= 15 is 0 Å². The number of amides is 1. The quantitative estimate of drug-likeness (QED) is 0.599. The fraction of sp³-hybridized carbons (Fsp3) is 0.176. The topological polar surface area (TPSA) is 100 Å². The number of rotatable bonds is 6. The Bertz CT molecular complexity index is 964. The van der Waals surface area contributed by atoms with Crippen molar-refractivity contribution in [2.45, 2.75) is 6.73 Å². The number of esters is 1. The molecule has 0 aliphatic carbocycles. The first-order chi connectivity index (χ1) is 13.0. The number of hydrogen-bond acceptors (Lipinski definition) is 6. The summed E-state index contributed by atoms with van der Waals surface area (Å²) in [4.78, 5) is 24.1. The summed E-state index contributed by atoms with van der Waals surface area (Å²) < 4.78 is 14.1. The lowest BCUT2D eigenvalue weighted by molar-refractivity contribution is 0.0594. The maximum Gasteiger partial charge on any atom is 0.360 e. The highest BCUT2D eigenvalue weighted by Gasteiger charge is 2.20. The number of nitrogens with zero attached hydrogens (tertiary/aromatic N) is 4. The van der Waals surface area contributed by atoms with Crippen LogP contribution in [0, 0.1) is 0 Å². The largest absolute Gasteiger partial charge is 0.471 e. The molecule has 2 aromatic heterocycles. The molecular formula is C17H16BrN5O4. The summed E-state index contributed by atoms with van der Waals surface area (Å²) in [6.07, 6.45) is 3.13. The van der Waals surface area contributed by atoms with Crippen LogP contribution in [-0.2, 0) is 18.5 Å². The molecule has 9 nitrogen and oxygen atoms in total. The molecule has 1 N–H and O–H groups in total. The summed E-state index contributed by atoms with van der Waals surface area (Å²) in [5.74, 6) is -0.437. The van der Waals surface area contributed by atoms with Crippen LogP contribution in [0.25, 0.3) is 0 Å². The zero-order chi connectivity index (χ0) is 19.4. The fourth-order valence-electron chi connectivity index (χ4n) is 2.24. The van der Waals surface area contributed by atoms with E-state index in [0.29, 0.717) is 5.75 Å². The molecule has 3 rings (SSSR count). The highest BCUT2D eigenvalue weighted by Crippen LogP contribution is 2.17. The number of nitrogens with one attached hydrogen (secondary N) is 1. The molecule has 0 radical (unpaired) electrons. The summed E-state index contributed by atoms with van der Waals surface area (Å²) in [6.45, 7) is 0.148. The number of ether oxygens (including phenoxy) is 2. The van der Waals surface area contributed by atoms with Crippen molar-refractivity contribution in [3.05, 3.63) is 58.6 Å². The predicted molar refractivity (Wildman–Crippen MR) is 99.5 cm³/mol. The second-order valence-electron chi connectivity index (χ2n) is 5.48. The van der Waals surface area contributed by atoms with Crippen LogP contribution >= 0.6 is 15.9 Å². The Morgan fingerprint density at radius 2 is 1.93 bits per heavy atom. The van der Waals surface area contributed by atoms with Crippen molar-refractivity contribution in [3.63, 3.8) is 0 Å². The first kappa shape index (κ1) is 18.6. The fourth-order valence-corrected chi connectivity index (χ4v) is 2.50. The molecule has 0 atom stereocenters. The number of anilines is 1. The Kier molecular flexibility index (Phi) is 5.55. The van der Waals surface area contributed by atoms with Crippen molar-refractivity contribution in [2.24, 2.45) is 7.05 Å². The van der Waals surface area contributed by atoms with Crippen LogP contribution in [0.1, 0.15) is 21.0 Å². The van der Waals surface area contributed by atoms with Crippen LogP contribution < -0.4 is 10.1 Å². The van der Waals surface area contributed by atoms with E-state index in [1.54, 1.807) is 19.3 Å². The average molecular weight is 434 g/mol. The lowest BCUT2D eigenvalue weighted by atomic mass is 10.3. The third kappa shape index (κ3) is 4.53. The summed E-state index contributed by atoms with van der Waals surface area (Å²) in [6, 6.07) is 8.92. The minimum Gasteiger partial charge on any atom is -0.471 e. The van der Waals surface area contributed by atoms with Crippen LogP contribution in [0.3, 0.4) is 0 Å². The van der Waals surface area contributed by atoms with Gasteiger partial charge < -0.3 is 14.8 Å². The summed E-state index contributed by atoms with van der Waals surface area (Å²) in [5.41, 5.74) is 0.440. The van der Waals surface area contributed by atoms with E-state index in [-0.39, 0.29) is 23.8 Å². The van der Waals surface area contributed by atoms with E-state index in [1.165, 1.54) is 22.7 Å². The van der Waals surface area contributed by atoms with E-state index in [2.05, 4.69) is 36.2 Å². The van der Waals surface area contributed by atoms with Gasteiger partial charge in [-0.3, -0.25) is 9.48 Å². The van der Waals surface area contributed by atoms with Gasteiger partial charge in [0.15, 0.2) is 18.1 Å². The lowest BCUT2D eigenvalue weighted by Gasteiger charge is -2.06. The van der Waals surface area contributed by atoms with Crippen molar-refractivity contribution in [3.8, 4) is 5.75 Å². The van der Waals surface area contributed by atoms with Gasteiger partial charge in [0.25, 0.3) is 5.91 Å². The van der Waals surface area contributed by atoms with Gasteiger partial charge in [-0.2, -0.15) is 10.2 Å². The van der Waals surface area contributed by atoms with Gasteiger partial charge in [0.2, 0.25) is 0 Å². The molecule has 1 amide bonds. The number of hydrogen-bond donors (Lipinski definition) is 1. The minimum absolute atomic E-state index is 0.0198. The normalized spacial score (nSPS) is 10.5. The number of halogens is 1. The highest BCUT2D eigenvalue weighted by atomic mass is 79.9. The van der Waals surface area contributed by atoms with Gasteiger partial charge in [0, 0.05) is 23.9 Å². The van der Waals surface area contributed by atoms with E-state index in [4.69, 9.17) is 4.74 Å². The Labute approximate surface area is 163 Å². The molecule has 27 heavy (non-hydrogen) atoms. The van der Waals surface area contributed by atoms with Gasteiger partial charge in [-0.15, -0.1) is 0 Å². The van der Waals surface area contributed by atoms with Gasteiger partial charge in [0.05, 0.1) is 12.8 Å². The number of carbonyl (C=O) groups is 2. The second-order valence-corrected chi connectivity index (χ2v) is 6.39. The molecule has 2 heterocycles. The molecule has 0 aliphatic rings. The van der Waals surface area contributed by atoms with Crippen LogP contribution in [-0.4, -0.2) is 38.5 Å². The summed E-state index contributed by atoms with van der Waals surface area (Å²) in [7, 11) is 2.88. The molecule has 1 aromatic carbocycles. The molecule has 0 aliphatic heterocycles. The third-order valence-corrected chi connectivity index (χ3v) is 4.03. The molecular weight excluding hydrogens is 418 g/mol. The lowest BCUT2D eigenvalue weighted by Crippen LogP contribution is -2.16. The smallest absolute Gasteiger partial charge is 0.360 e. The first-order valence-corrected chi connectivity index (χ1v) is 8.60. The van der Waals surface area contributed by atoms with Gasteiger partial charge in [0.1, 0.15) is 5.75 Å². The molecule has 0 saturated heterocycles. The number of methoxy groups -OCH3 is 1. The molecule has 10 heteroatoms. The van der Waals surface area contributed by atoms with Crippen molar-refractivity contribution >= 4 is 33.5 Å². The van der Waals surface area contributed by atoms with Gasteiger partial charge in [-0.05, 0) is 30.3 Å². The number of aromatic nitrogens is 4. The summed E-state index contributed by atoms with van der Waals surface area (Å²) >= 11 is 3.36. The maximum absolute atomic E-state index is 12.4. The third-order valence-electron chi connectivity index (χ3n) is 3.51. The minimum atomic E-state index is -0.640. The standard InChI is InChI=1S/C17H16BrN5O4/c1-22-9-14(15(21-22)17(25)26-2)19-16(24)13-7-8-23(20-13)10-27-12-5-3-11(18)4-6-12/h3-9H,10H2,1-2H3,(H,19,24). The zero-order valence-corrected chi connectivity index (χ0v) is 16.1. The van der Waals surface area contributed by atoms with Crippen molar-refractivity contribution in [1.29, 1.82) is 0 Å². The Balaban J connectivity index is 1.65. The second kappa shape index (κ2) is 8.04. The molecule has 3 aromatic rings. The monoisotopic (exact) mass is 433 g/mol. The van der Waals surface area contributed by atoms with E-state index in [1.807, 2.05) is 24.3 Å². The van der Waals surface area contributed by atoms with E-state index < -0.39 is 11.9 Å².